The predicted molar refractivity (Wildman–Crippen MR) is 80.2 cm³/mol. The fraction of sp³-hybridized carbons (Fsp3) is 0.824. The molecular weight excluding hydrogens is 246 g/mol. The Hall–Kier alpha value is -0.830. The summed E-state index contributed by atoms with van der Waals surface area (Å²) in [7, 11) is 0. The van der Waals surface area contributed by atoms with Crippen molar-refractivity contribution in [3.8, 4) is 0 Å². The van der Waals surface area contributed by atoms with Crippen LogP contribution in [0.3, 0.4) is 0 Å². The van der Waals surface area contributed by atoms with Gasteiger partial charge in [-0.05, 0) is 68.7 Å². The van der Waals surface area contributed by atoms with Gasteiger partial charge in [-0.3, -0.25) is 4.68 Å². The molecule has 20 heavy (non-hydrogen) atoms. The minimum atomic E-state index is 0.564. The van der Waals surface area contributed by atoms with Gasteiger partial charge in [-0.15, -0.1) is 0 Å². The van der Waals surface area contributed by atoms with Gasteiger partial charge in [-0.1, -0.05) is 6.92 Å². The molecule has 110 valence electrons. The molecule has 2 bridgehead atoms. The van der Waals surface area contributed by atoms with Crippen molar-refractivity contribution < 1.29 is 0 Å². The van der Waals surface area contributed by atoms with Gasteiger partial charge >= 0.3 is 0 Å². The van der Waals surface area contributed by atoms with E-state index < -0.39 is 0 Å². The number of aromatic nitrogens is 2. The Morgan fingerprint density at radius 2 is 2.05 bits per heavy atom. The van der Waals surface area contributed by atoms with Crippen LogP contribution in [0.4, 0.5) is 0 Å². The van der Waals surface area contributed by atoms with Crippen LogP contribution in [0, 0.1) is 29.6 Å². The molecule has 1 N–H and O–H groups in total. The number of rotatable bonds is 6. The first-order valence-corrected chi connectivity index (χ1v) is 8.59. The smallest absolute Gasteiger partial charge is 0.0537 e. The van der Waals surface area contributed by atoms with Crippen molar-refractivity contribution in [2.45, 2.75) is 52.1 Å². The zero-order chi connectivity index (χ0) is 13.7. The maximum Gasteiger partial charge on any atom is 0.0537 e. The first kappa shape index (κ1) is 12.9. The molecule has 3 aliphatic carbocycles. The summed E-state index contributed by atoms with van der Waals surface area (Å²) in [6.45, 7) is 6.53. The van der Waals surface area contributed by atoms with E-state index in [1.54, 1.807) is 6.42 Å². The van der Waals surface area contributed by atoms with Crippen LogP contribution in [0.2, 0.25) is 0 Å². The van der Waals surface area contributed by atoms with Crippen LogP contribution in [-0.2, 0) is 6.54 Å². The summed E-state index contributed by atoms with van der Waals surface area (Å²) < 4.78 is 2.07. The van der Waals surface area contributed by atoms with E-state index in [1.807, 2.05) is 0 Å². The highest BCUT2D eigenvalue weighted by Gasteiger charge is 2.66. The van der Waals surface area contributed by atoms with Crippen molar-refractivity contribution in [3.63, 3.8) is 0 Å². The van der Waals surface area contributed by atoms with Crippen LogP contribution in [-0.4, -0.2) is 16.3 Å². The minimum absolute atomic E-state index is 0.564. The fourth-order valence-corrected chi connectivity index (χ4v) is 5.33. The molecule has 5 unspecified atom stereocenters. The maximum absolute atomic E-state index is 4.50. The van der Waals surface area contributed by atoms with E-state index in [9.17, 15) is 0 Å². The van der Waals surface area contributed by atoms with Crippen molar-refractivity contribution in [2.75, 3.05) is 6.54 Å². The lowest BCUT2D eigenvalue weighted by Crippen LogP contribution is -2.26. The number of nitrogens with one attached hydrogen (secondary N) is 1. The Morgan fingerprint density at radius 3 is 2.65 bits per heavy atom. The molecule has 1 aromatic rings. The molecule has 3 aliphatic rings. The molecule has 0 saturated heterocycles. The molecule has 0 aromatic carbocycles. The number of aryl methyl sites for hydroxylation is 1. The van der Waals surface area contributed by atoms with E-state index >= 15 is 0 Å². The summed E-state index contributed by atoms with van der Waals surface area (Å²) >= 11 is 0. The number of fused-ring (bicyclic) bond motifs is 5. The van der Waals surface area contributed by atoms with E-state index in [2.05, 4.69) is 41.3 Å². The average molecular weight is 273 g/mol. The molecule has 5 atom stereocenters. The zero-order valence-electron chi connectivity index (χ0n) is 12.8. The van der Waals surface area contributed by atoms with Crippen molar-refractivity contribution in [3.05, 3.63) is 18.0 Å². The highest BCUT2D eigenvalue weighted by Crippen LogP contribution is 2.72. The highest BCUT2D eigenvalue weighted by atomic mass is 15.3. The largest absolute Gasteiger partial charge is 0.310 e. The van der Waals surface area contributed by atoms with Gasteiger partial charge in [0, 0.05) is 24.3 Å². The van der Waals surface area contributed by atoms with Crippen molar-refractivity contribution in [1.29, 1.82) is 0 Å². The lowest BCUT2D eigenvalue weighted by atomic mass is 9.94. The van der Waals surface area contributed by atoms with Crippen LogP contribution >= 0.6 is 0 Å². The topological polar surface area (TPSA) is 29.9 Å². The summed E-state index contributed by atoms with van der Waals surface area (Å²) in [6.07, 6.45) is 10.2. The third-order valence-electron chi connectivity index (χ3n) is 6.13. The Labute approximate surface area is 122 Å². The molecule has 3 fully saturated rings. The van der Waals surface area contributed by atoms with E-state index in [-0.39, 0.29) is 0 Å². The molecule has 1 aromatic heterocycles. The van der Waals surface area contributed by atoms with E-state index in [0.29, 0.717) is 6.04 Å². The SMILES string of the molecule is CCCNC(c1cnn(CC)c1)C1C2C3CCC(C3)C21. The monoisotopic (exact) mass is 273 g/mol. The minimum Gasteiger partial charge on any atom is -0.310 e. The maximum atomic E-state index is 4.50. The number of hydrogen-bond donors (Lipinski definition) is 1. The first-order chi connectivity index (χ1) is 9.83. The van der Waals surface area contributed by atoms with E-state index in [0.717, 1.165) is 42.7 Å². The van der Waals surface area contributed by atoms with Crippen LogP contribution in [0.25, 0.3) is 0 Å². The number of hydrogen-bond acceptors (Lipinski definition) is 2. The summed E-state index contributed by atoms with van der Waals surface area (Å²) in [5, 5.41) is 8.33. The van der Waals surface area contributed by atoms with Crippen molar-refractivity contribution in [2.24, 2.45) is 29.6 Å². The van der Waals surface area contributed by atoms with Gasteiger partial charge in [0.15, 0.2) is 0 Å². The van der Waals surface area contributed by atoms with Crippen LogP contribution in [0.5, 0.6) is 0 Å². The Bertz CT molecular complexity index is 464. The molecule has 3 saturated carbocycles. The fourth-order valence-electron chi connectivity index (χ4n) is 5.33. The third-order valence-corrected chi connectivity index (χ3v) is 6.13. The van der Waals surface area contributed by atoms with Gasteiger partial charge in [-0.25, -0.2) is 0 Å². The quantitative estimate of drug-likeness (QED) is 0.862. The van der Waals surface area contributed by atoms with Gasteiger partial charge < -0.3 is 5.32 Å². The van der Waals surface area contributed by atoms with Gasteiger partial charge in [0.05, 0.1) is 6.20 Å². The van der Waals surface area contributed by atoms with Crippen molar-refractivity contribution in [1.82, 2.24) is 15.1 Å². The summed E-state index contributed by atoms with van der Waals surface area (Å²) in [5.41, 5.74) is 1.43. The van der Waals surface area contributed by atoms with E-state index in [1.165, 1.54) is 24.8 Å². The predicted octanol–water partition coefficient (Wildman–Crippen LogP) is 3.24. The molecule has 0 spiro atoms. The normalized spacial score (nSPS) is 39.0. The lowest BCUT2D eigenvalue weighted by Gasteiger charge is -2.20. The second-order valence-corrected chi connectivity index (χ2v) is 7.13. The van der Waals surface area contributed by atoms with Crippen LogP contribution in [0.15, 0.2) is 12.4 Å². The molecule has 1 heterocycles. The van der Waals surface area contributed by atoms with Gasteiger partial charge in [-0.2, -0.15) is 5.10 Å². The molecule has 0 amide bonds. The summed E-state index contributed by atoms with van der Waals surface area (Å²) in [6, 6.07) is 0.564. The number of nitrogens with zero attached hydrogens (tertiary/aromatic N) is 2. The van der Waals surface area contributed by atoms with E-state index in [4.69, 9.17) is 0 Å². The third kappa shape index (κ3) is 1.86. The average Bonchev–Trinajstić information content (AvgIpc) is 2.89. The molecule has 0 radical (unpaired) electrons. The standard InChI is InChI=1S/C17H27N3/c1-3-7-18-17(13-9-19-20(4-2)10-13)16-14-11-5-6-12(8-11)15(14)16/h9-12,14-18H,3-8H2,1-2H3. The molecule has 3 heteroatoms. The molecule has 4 rings (SSSR count). The summed E-state index contributed by atoms with van der Waals surface area (Å²) in [4.78, 5) is 0. The van der Waals surface area contributed by atoms with Gasteiger partial charge in [0.1, 0.15) is 0 Å². The van der Waals surface area contributed by atoms with Crippen LogP contribution in [0.1, 0.15) is 51.1 Å². The Balaban J connectivity index is 1.54. The lowest BCUT2D eigenvalue weighted by molar-refractivity contribution is 0.370. The second-order valence-electron chi connectivity index (χ2n) is 7.13. The Kier molecular flexibility index (Phi) is 3.13. The molecular formula is C17H27N3. The Morgan fingerprint density at radius 1 is 1.30 bits per heavy atom. The second kappa shape index (κ2) is 4.87. The van der Waals surface area contributed by atoms with Crippen molar-refractivity contribution >= 4 is 0 Å². The zero-order valence-corrected chi connectivity index (χ0v) is 12.8. The molecule has 0 aliphatic heterocycles. The van der Waals surface area contributed by atoms with Crippen LogP contribution < -0.4 is 5.32 Å². The summed E-state index contributed by atoms with van der Waals surface area (Å²) in [5.74, 6) is 5.09. The van der Waals surface area contributed by atoms with Gasteiger partial charge in [0.25, 0.3) is 0 Å². The molecule has 3 nitrogen and oxygen atoms in total. The first-order valence-electron chi connectivity index (χ1n) is 8.59. The highest BCUT2D eigenvalue weighted by molar-refractivity contribution is 5.23. The van der Waals surface area contributed by atoms with Gasteiger partial charge in [0.2, 0.25) is 0 Å².